The Morgan fingerprint density at radius 1 is 1.06 bits per heavy atom. The lowest BCUT2D eigenvalue weighted by atomic mass is 10.0. The van der Waals surface area contributed by atoms with E-state index in [9.17, 15) is 22.7 Å². The van der Waals surface area contributed by atoms with Gasteiger partial charge in [0.15, 0.2) is 5.84 Å². The average Bonchev–Trinajstić information content (AvgIpc) is 3.03. The number of carbonyl (C=O) groups is 1. The fraction of sp³-hybridized carbons (Fsp3) is 0.0833. The number of fused-ring (bicyclic) bond motifs is 1. The summed E-state index contributed by atoms with van der Waals surface area (Å²) in [5, 5.41) is 14.5. The van der Waals surface area contributed by atoms with Crippen LogP contribution in [-0.4, -0.2) is 30.2 Å². The molecule has 0 bridgehead atoms. The largest absolute Gasteiger partial charge is 0.509 e. The Labute approximate surface area is 199 Å². The average molecular weight is 498 g/mol. The molecule has 0 aliphatic carbocycles. The first-order chi connectivity index (χ1) is 16.2. The molecular formula is C24H17ClFN3O4S. The molecular weight excluding hydrogens is 481 g/mol. The second-order valence-electron chi connectivity index (χ2n) is 7.81. The number of amides is 1. The highest BCUT2D eigenvalue weighted by Gasteiger charge is 2.44. The summed E-state index contributed by atoms with van der Waals surface area (Å²) in [5.41, 5.74) is 1.11. The molecule has 34 heavy (non-hydrogen) atoms. The summed E-state index contributed by atoms with van der Waals surface area (Å²) in [6.07, 6.45) is 0. The molecule has 2 heterocycles. The number of hydrogen-bond acceptors (Lipinski definition) is 5. The van der Waals surface area contributed by atoms with E-state index in [-0.39, 0.29) is 34.3 Å². The number of nitrogens with zero attached hydrogens (tertiary/aromatic N) is 2. The van der Waals surface area contributed by atoms with Crippen molar-refractivity contribution in [1.82, 2.24) is 4.90 Å². The van der Waals surface area contributed by atoms with Gasteiger partial charge in [-0.15, -0.1) is 4.40 Å². The first kappa shape index (κ1) is 22.1. The summed E-state index contributed by atoms with van der Waals surface area (Å²) in [6.45, 7) is 0.0611. The van der Waals surface area contributed by atoms with E-state index < -0.39 is 27.8 Å². The molecule has 2 aliphatic rings. The molecule has 7 nitrogen and oxygen atoms in total. The van der Waals surface area contributed by atoms with Gasteiger partial charge in [0.25, 0.3) is 15.9 Å². The normalized spacial score (nSPS) is 19.0. The first-order valence-corrected chi connectivity index (χ1v) is 12.0. The van der Waals surface area contributed by atoms with E-state index in [1.54, 1.807) is 42.5 Å². The van der Waals surface area contributed by atoms with Crippen molar-refractivity contribution in [3.63, 3.8) is 0 Å². The van der Waals surface area contributed by atoms with Crippen LogP contribution in [0.25, 0.3) is 0 Å². The minimum absolute atomic E-state index is 0.0323. The third kappa shape index (κ3) is 3.82. The molecule has 5 rings (SSSR count). The number of aliphatic hydroxyl groups is 1. The van der Waals surface area contributed by atoms with E-state index in [2.05, 4.69) is 9.71 Å². The summed E-state index contributed by atoms with van der Waals surface area (Å²) < 4.78 is 42.8. The molecule has 1 atom stereocenters. The predicted molar refractivity (Wildman–Crippen MR) is 125 cm³/mol. The maximum atomic E-state index is 13.6. The zero-order chi connectivity index (χ0) is 24.0. The molecule has 1 amide bonds. The molecule has 0 aromatic heterocycles. The summed E-state index contributed by atoms with van der Waals surface area (Å²) in [5.74, 6) is -1.77. The topological polar surface area (TPSA) is 99.1 Å². The van der Waals surface area contributed by atoms with E-state index in [0.29, 0.717) is 16.1 Å². The van der Waals surface area contributed by atoms with E-state index in [1.165, 1.54) is 35.2 Å². The molecule has 3 aromatic carbocycles. The molecule has 0 spiro atoms. The Morgan fingerprint density at radius 3 is 2.53 bits per heavy atom. The van der Waals surface area contributed by atoms with Crippen molar-refractivity contribution in [3.8, 4) is 0 Å². The van der Waals surface area contributed by atoms with Gasteiger partial charge in [-0.1, -0.05) is 48.0 Å². The molecule has 0 saturated heterocycles. The van der Waals surface area contributed by atoms with Crippen LogP contribution in [0.5, 0.6) is 0 Å². The number of para-hydroxylation sites is 1. The van der Waals surface area contributed by atoms with Gasteiger partial charge in [0, 0.05) is 11.6 Å². The number of sulfonamides is 1. The Balaban J connectivity index is 1.62. The van der Waals surface area contributed by atoms with E-state index in [4.69, 9.17) is 11.6 Å². The van der Waals surface area contributed by atoms with Gasteiger partial charge in [0.05, 0.1) is 5.69 Å². The number of carbonyl (C=O) groups excluding carboxylic acids is 1. The van der Waals surface area contributed by atoms with Crippen molar-refractivity contribution >= 4 is 39.1 Å². The van der Waals surface area contributed by atoms with E-state index in [0.717, 1.165) is 0 Å². The minimum Gasteiger partial charge on any atom is -0.509 e. The van der Waals surface area contributed by atoms with Crippen molar-refractivity contribution in [1.29, 1.82) is 0 Å². The molecule has 2 aliphatic heterocycles. The highest BCUT2D eigenvalue weighted by atomic mass is 35.5. The zero-order valence-electron chi connectivity index (χ0n) is 17.4. The Hall–Kier alpha value is -3.69. The van der Waals surface area contributed by atoms with Crippen LogP contribution >= 0.6 is 11.6 Å². The number of benzene rings is 3. The first-order valence-electron chi connectivity index (χ1n) is 10.2. The molecule has 0 unspecified atom stereocenters. The Morgan fingerprint density at radius 2 is 1.79 bits per heavy atom. The zero-order valence-corrected chi connectivity index (χ0v) is 19.0. The van der Waals surface area contributed by atoms with Crippen LogP contribution in [0.1, 0.15) is 17.2 Å². The molecule has 10 heteroatoms. The smallest absolute Gasteiger partial charge is 0.286 e. The maximum absolute atomic E-state index is 13.6. The van der Waals surface area contributed by atoms with Gasteiger partial charge in [-0.3, -0.25) is 4.79 Å². The SMILES string of the molecule is O=C1C(C2=NS(=O)(=O)c3ccccc3N2)=C(O)[C@H](c2ccc(F)cc2)N1Cc1cccc(Cl)c1. The minimum atomic E-state index is -4.10. The van der Waals surface area contributed by atoms with Crippen molar-refractivity contribution in [3.05, 3.63) is 106 Å². The van der Waals surface area contributed by atoms with Gasteiger partial charge >= 0.3 is 0 Å². The number of anilines is 1. The Bertz CT molecular complexity index is 1490. The number of amidine groups is 1. The monoisotopic (exact) mass is 497 g/mol. The summed E-state index contributed by atoms with van der Waals surface area (Å²) >= 11 is 6.10. The van der Waals surface area contributed by atoms with Gasteiger partial charge in [0.1, 0.15) is 28.1 Å². The lowest BCUT2D eigenvalue weighted by Crippen LogP contribution is -2.33. The van der Waals surface area contributed by atoms with Gasteiger partial charge in [-0.05, 0) is 47.5 Å². The van der Waals surface area contributed by atoms with Crippen LogP contribution in [0.2, 0.25) is 5.02 Å². The Kier molecular flexibility index (Phi) is 5.38. The number of halogens is 2. The van der Waals surface area contributed by atoms with Crippen LogP contribution in [0, 0.1) is 5.82 Å². The van der Waals surface area contributed by atoms with Crippen molar-refractivity contribution in [2.24, 2.45) is 4.40 Å². The van der Waals surface area contributed by atoms with Gasteiger partial charge < -0.3 is 15.3 Å². The lowest BCUT2D eigenvalue weighted by Gasteiger charge is -2.26. The fourth-order valence-electron chi connectivity index (χ4n) is 4.08. The van der Waals surface area contributed by atoms with Crippen molar-refractivity contribution in [2.75, 3.05) is 5.32 Å². The van der Waals surface area contributed by atoms with Crippen LogP contribution in [0.15, 0.2) is 93.4 Å². The van der Waals surface area contributed by atoms with Gasteiger partial charge in [-0.25, -0.2) is 4.39 Å². The lowest BCUT2D eigenvalue weighted by molar-refractivity contribution is -0.127. The fourth-order valence-corrected chi connectivity index (χ4v) is 5.41. The predicted octanol–water partition coefficient (Wildman–Crippen LogP) is 4.59. The van der Waals surface area contributed by atoms with Crippen LogP contribution in [-0.2, 0) is 21.4 Å². The molecule has 3 aromatic rings. The maximum Gasteiger partial charge on any atom is 0.286 e. The number of aliphatic hydroxyl groups excluding tert-OH is 1. The standard InChI is InChI=1S/C24H17ClFN3O4S/c25-16-5-3-4-14(12-16)13-29-21(15-8-10-17(26)11-9-15)22(30)20(24(29)31)23-27-18-6-1-2-7-19(18)34(32,33)28-23/h1-12,21,30H,13H2,(H,27,28)/t21-/m0/s1. The van der Waals surface area contributed by atoms with Crippen LogP contribution in [0.3, 0.4) is 0 Å². The highest BCUT2D eigenvalue weighted by molar-refractivity contribution is 7.90. The van der Waals surface area contributed by atoms with Gasteiger partial charge in [-0.2, -0.15) is 8.42 Å². The molecule has 0 fully saturated rings. The number of hydrogen-bond donors (Lipinski definition) is 2. The summed E-state index contributed by atoms with van der Waals surface area (Å²) in [6, 6.07) is 17.4. The summed E-state index contributed by atoms with van der Waals surface area (Å²) in [7, 11) is -4.10. The molecule has 0 saturated carbocycles. The van der Waals surface area contributed by atoms with Crippen molar-refractivity contribution < 1.29 is 22.7 Å². The third-order valence-corrected chi connectivity index (χ3v) is 7.17. The molecule has 172 valence electrons. The second kappa shape index (κ2) is 8.27. The quantitative estimate of drug-likeness (QED) is 0.549. The molecule has 2 N–H and O–H groups in total. The van der Waals surface area contributed by atoms with Crippen LogP contribution in [0.4, 0.5) is 10.1 Å². The number of rotatable bonds is 4. The second-order valence-corrected chi connectivity index (χ2v) is 9.82. The van der Waals surface area contributed by atoms with Crippen LogP contribution < -0.4 is 5.32 Å². The highest BCUT2D eigenvalue weighted by Crippen LogP contribution is 2.40. The third-order valence-electron chi connectivity index (χ3n) is 5.60. The van der Waals surface area contributed by atoms with Crippen molar-refractivity contribution in [2.45, 2.75) is 17.5 Å². The van der Waals surface area contributed by atoms with Gasteiger partial charge in [0.2, 0.25) is 0 Å². The number of nitrogens with one attached hydrogen (secondary N) is 1. The van der Waals surface area contributed by atoms with E-state index in [1.807, 2.05) is 0 Å². The molecule has 0 radical (unpaired) electrons. The van der Waals surface area contributed by atoms with E-state index >= 15 is 0 Å². The summed E-state index contributed by atoms with van der Waals surface area (Å²) in [4.78, 5) is 14.9.